The van der Waals surface area contributed by atoms with E-state index in [1.165, 1.54) is 12.0 Å². The van der Waals surface area contributed by atoms with Crippen molar-refractivity contribution in [3.8, 4) is 0 Å². The van der Waals surface area contributed by atoms with Crippen LogP contribution in [0.3, 0.4) is 0 Å². The zero-order valence-corrected chi connectivity index (χ0v) is 10.9. The predicted molar refractivity (Wildman–Crippen MR) is 69.3 cm³/mol. The molecule has 1 rings (SSSR count). The van der Waals surface area contributed by atoms with Crippen LogP contribution in [0.4, 0.5) is 5.69 Å². The quantitative estimate of drug-likeness (QED) is 0.849. The fourth-order valence-electron chi connectivity index (χ4n) is 1.37. The molecule has 0 bridgehead atoms. The van der Waals surface area contributed by atoms with Crippen LogP contribution in [0, 0.1) is 6.92 Å². The number of hydrogen-bond acceptors (Lipinski definition) is 3. The SMILES string of the molecule is COCC(=O)N(C)CC(=O)Nc1ccc(C)cc1. The molecule has 5 heteroatoms. The van der Waals surface area contributed by atoms with Crippen LogP contribution < -0.4 is 5.32 Å². The molecule has 18 heavy (non-hydrogen) atoms. The number of hydrogen-bond donors (Lipinski definition) is 1. The fraction of sp³-hybridized carbons (Fsp3) is 0.385. The van der Waals surface area contributed by atoms with Crippen molar-refractivity contribution in [1.29, 1.82) is 0 Å². The molecular formula is C13H18N2O3. The summed E-state index contributed by atoms with van der Waals surface area (Å²) in [6.45, 7) is 1.97. The Bertz CT molecular complexity index is 415. The summed E-state index contributed by atoms with van der Waals surface area (Å²) in [5.74, 6) is -0.456. The summed E-state index contributed by atoms with van der Waals surface area (Å²) in [6.07, 6.45) is 0. The lowest BCUT2D eigenvalue weighted by atomic mass is 10.2. The number of amides is 2. The van der Waals surface area contributed by atoms with E-state index in [9.17, 15) is 9.59 Å². The minimum Gasteiger partial charge on any atom is -0.375 e. The van der Waals surface area contributed by atoms with E-state index in [0.29, 0.717) is 0 Å². The highest BCUT2D eigenvalue weighted by Crippen LogP contribution is 2.08. The Hall–Kier alpha value is -1.88. The third-order valence-electron chi connectivity index (χ3n) is 2.41. The van der Waals surface area contributed by atoms with Crippen molar-refractivity contribution < 1.29 is 14.3 Å². The molecule has 0 saturated carbocycles. The first kappa shape index (κ1) is 14.2. The number of likely N-dealkylation sites (N-methyl/N-ethyl adjacent to an activating group) is 1. The zero-order chi connectivity index (χ0) is 13.5. The van der Waals surface area contributed by atoms with Gasteiger partial charge in [-0.15, -0.1) is 0 Å². The lowest BCUT2D eigenvalue weighted by Gasteiger charge is -2.16. The third kappa shape index (κ3) is 4.55. The van der Waals surface area contributed by atoms with Gasteiger partial charge in [0.2, 0.25) is 11.8 Å². The average Bonchev–Trinajstić information content (AvgIpc) is 2.32. The van der Waals surface area contributed by atoms with E-state index in [0.717, 1.165) is 11.3 Å². The summed E-state index contributed by atoms with van der Waals surface area (Å²) in [4.78, 5) is 24.4. The van der Waals surface area contributed by atoms with Gasteiger partial charge in [-0.3, -0.25) is 9.59 Å². The Morgan fingerprint density at radius 1 is 1.28 bits per heavy atom. The highest BCUT2D eigenvalue weighted by molar-refractivity contribution is 5.94. The van der Waals surface area contributed by atoms with E-state index in [1.807, 2.05) is 31.2 Å². The van der Waals surface area contributed by atoms with E-state index in [-0.39, 0.29) is 25.0 Å². The van der Waals surface area contributed by atoms with Gasteiger partial charge in [-0.2, -0.15) is 0 Å². The van der Waals surface area contributed by atoms with Crippen molar-refractivity contribution in [2.45, 2.75) is 6.92 Å². The van der Waals surface area contributed by atoms with Crippen LogP contribution >= 0.6 is 0 Å². The van der Waals surface area contributed by atoms with Gasteiger partial charge in [0.1, 0.15) is 6.61 Å². The van der Waals surface area contributed by atoms with Crippen LogP contribution in [-0.2, 0) is 14.3 Å². The van der Waals surface area contributed by atoms with Crippen molar-refractivity contribution in [3.05, 3.63) is 29.8 Å². The Morgan fingerprint density at radius 3 is 2.44 bits per heavy atom. The summed E-state index contributed by atoms with van der Waals surface area (Å²) in [5.41, 5.74) is 1.85. The summed E-state index contributed by atoms with van der Waals surface area (Å²) in [6, 6.07) is 7.47. The molecule has 0 saturated heterocycles. The Morgan fingerprint density at radius 2 is 1.89 bits per heavy atom. The third-order valence-corrected chi connectivity index (χ3v) is 2.41. The molecule has 0 radical (unpaired) electrons. The van der Waals surface area contributed by atoms with Crippen LogP contribution in [0.15, 0.2) is 24.3 Å². The molecule has 98 valence electrons. The van der Waals surface area contributed by atoms with Gasteiger partial charge in [0.05, 0.1) is 6.54 Å². The minimum atomic E-state index is -0.231. The summed E-state index contributed by atoms with van der Waals surface area (Å²) >= 11 is 0. The van der Waals surface area contributed by atoms with Crippen LogP contribution in [0.2, 0.25) is 0 Å². The number of benzene rings is 1. The molecular weight excluding hydrogens is 232 g/mol. The van der Waals surface area contributed by atoms with Gasteiger partial charge in [-0.05, 0) is 19.1 Å². The van der Waals surface area contributed by atoms with Crippen LogP contribution in [0.1, 0.15) is 5.56 Å². The number of nitrogens with one attached hydrogen (secondary N) is 1. The standard InChI is InChI=1S/C13H18N2O3/c1-10-4-6-11(7-5-10)14-12(16)8-15(2)13(17)9-18-3/h4-7H,8-9H2,1-3H3,(H,14,16). The summed E-state index contributed by atoms with van der Waals surface area (Å²) in [7, 11) is 3.01. The van der Waals surface area contributed by atoms with Crippen molar-refractivity contribution in [2.24, 2.45) is 0 Å². The van der Waals surface area contributed by atoms with Gasteiger partial charge in [0.15, 0.2) is 0 Å². The topological polar surface area (TPSA) is 58.6 Å². The lowest BCUT2D eigenvalue weighted by Crippen LogP contribution is -2.36. The highest BCUT2D eigenvalue weighted by atomic mass is 16.5. The van der Waals surface area contributed by atoms with E-state index < -0.39 is 0 Å². The van der Waals surface area contributed by atoms with Crippen LogP contribution in [-0.4, -0.2) is 44.0 Å². The molecule has 0 atom stereocenters. The lowest BCUT2D eigenvalue weighted by molar-refractivity contribution is -0.136. The summed E-state index contributed by atoms with van der Waals surface area (Å²) < 4.78 is 4.71. The molecule has 0 aliphatic carbocycles. The Kier molecular flexibility index (Phi) is 5.32. The fourth-order valence-corrected chi connectivity index (χ4v) is 1.37. The average molecular weight is 250 g/mol. The highest BCUT2D eigenvalue weighted by Gasteiger charge is 2.12. The first-order chi connectivity index (χ1) is 8.52. The van der Waals surface area contributed by atoms with Gasteiger partial charge in [-0.1, -0.05) is 17.7 Å². The number of aryl methyl sites for hydroxylation is 1. The molecule has 1 aromatic rings. The molecule has 0 fully saturated rings. The number of anilines is 1. The summed E-state index contributed by atoms with van der Waals surface area (Å²) in [5, 5.41) is 2.72. The minimum absolute atomic E-state index is 0.00999. The van der Waals surface area contributed by atoms with Crippen molar-refractivity contribution >= 4 is 17.5 Å². The molecule has 0 heterocycles. The maximum Gasteiger partial charge on any atom is 0.248 e. The largest absolute Gasteiger partial charge is 0.375 e. The number of ether oxygens (including phenoxy) is 1. The maximum atomic E-state index is 11.7. The first-order valence-electron chi connectivity index (χ1n) is 5.62. The number of methoxy groups -OCH3 is 1. The predicted octanol–water partition coefficient (Wildman–Crippen LogP) is 1.04. The number of rotatable bonds is 5. The van der Waals surface area contributed by atoms with E-state index >= 15 is 0 Å². The van der Waals surface area contributed by atoms with Crippen molar-refractivity contribution in [1.82, 2.24) is 4.90 Å². The van der Waals surface area contributed by atoms with Gasteiger partial charge in [-0.25, -0.2) is 0 Å². The van der Waals surface area contributed by atoms with E-state index in [4.69, 9.17) is 4.74 Å². The van der Waals surface area contributed by atoms with Gasteiger partial charge >= 0.3 is 0 Å². The monoisotopic (exact) mass is 250 g/mol. The smallest absolute Gasteiger partial charge is 0.248 e. The second kappa shape index (κ2) is 6.76. The molecule has 0 aliphatic rings. The number of nitrogens with zero attached hydrogens (tertiary/aromatic N) is 1. The number of carbonyl (C=O) groups excluding carboxylic acids is 2. The Balaban J connectivity index is 2.46. The maximum absolute atomic E-state index is 11.7. The van der Waals surface area contributed by atoms with Crippen LogP contribution in [0.25, 0.3) is 0 Å². The number of carbonyl (C=O) groups is 2. The first-order valence-corrected chi connectivity index (χ1v) is 5.62. The molecule has 0 spiro atoms. The molecule has 2 amide bonds. The second-order valence-corrected chi connectivity index (χ2v) is 4.10. The zero-order valence-electron chi connectivity index (χ0n) is 10.9. The van der Waals surface area contributed by atoms with E-state index in [1.54, 1.807) is 7.05 Å². The van der Waals surface area contributed by atoms with Crippen LogP contribution in [0.5, 0.6) is 0 Å². The second-order valence-electron chi connectivity index (χ2n) is 4.10. The molecule has 0 unspecified atom stereocenters. The van der Waals surface area contributed by atoms with Crippen molar-refractivity contribution in [2.75, 3.05) is 32.6 Å². The van der Waals surface area contributed by atoms with Gasteiger partial charge in [0.25, 0.3) is 0 Å². The molecule has 5 nitrogen and oxygen atoms in total. The molecule has 1 N–H and O–H groups in total. The van der Waals surface area contributed by atoms with Gasteiger partial charge in [0, 0.05) is 19.8 Å². The normalized spacial score (nSPS) is 9.94. The molecule has 1 aromatic carbocycles. The van der Waals surface area contributed by atoms with E-state index in [2.05, 4.69) is 5.32 Å². The molecule has 0 aromatic heterocycles. The Labute approximate surface area is 107 Å². The molecule has 0 aliphatic heterocycles. The van der Waals surface area contributed by atoms with Crippen molar-refractivity contribution in [3.63, 3.8) is 0 Å². The van der Waals surface area contributed by atoms with Gasteiger partial charge < -0.3 is 15.0 Å².